The minimum Gasteiger partial charge on any atom is -0.398 e. The number of fused-ring (bicyclic) bond motifs is 3. The Hall–Kier alpha value is -6.21. The van der Waals surface area contributed by atoms with Crippen LogP contribution in [0.2, 0.25) is 10.3 Å². The molecular weight excluding hydrogens is 801 g/mol. The second-order valence-corrected chi connectivity index (χ2v) is 14.6. The van der Waals surface area contributed by atoms with E-state index in [-0.39, 0.29) is 24.4 Å². The molecule has 2 N–H and O–H groups in total. The minimum atomic E-state index is -1.00. The molecule has 8 aromatic heterocycles. The van der Waals surface area contributed by atoms with Gasteiger partial charge in [0.05, 0.1) is 68.1 Å². The van der Waals surface area contributed by atoms with E-state index in [1.807, 2.05) is 39.8 Å². The molecule has 0 amide bonds. The van der Waals surface area contributed by atoms with E-state index < -0.39 is 25.5 Å². The van der Waals surface area contributed by atoms with Crippen molar-refractivity contribution < 1.29 is 24.7 Å². The van der Waals surface area contributed by atoms with E-state index in [1.165, 1.54) is 4.52 Å². The van der Waals surface area contributed by atoms with E-state index in [0.717, 1.165) is 0 Å². The van der Waals surface area contributed by atoms with Crippen molar-refractivity contribution in [3.63, 3.8) is 0 Å². The number of pyridine rings is 2. The predicted molar refractivity (Wildman–Crippen MR) is 221 cm³/mol. The summed E-state index contributed by atoms with van der Waals surface area (Å²) in [6, 6.07) is 17.3. The number of hydrogen-bond donors (Lipinski definition) is 1. The van der Waals surface area contributed by atoms with Gasteiger partial charge in [0.25, 0.3) is 0 Å². The molecule has 8 aromatic rings. The first-order valence-electron chi connectivity index (χ1n) is 18.6. The van der Waals surface area contributed by atoms with Crippen LogP contribution in [0.15, 0.2) is 104 Å². The number of alkyl halides is 1. The average molecular weight is 841 g/mol. The Bertz CT molecular complexity index is 2720. The van der Waals surface area contributed by atoms with Crippen molar-refractivity contribution in [3.05, 3.63) is 137 Å². The molecule has 0 unspecified atom stereocenters. The summed E-state index contributed by atoms with van der Waals surface area (Å²) in [4.78, 5) is 45.0. The number of nitrogens with zero attached hydrogens (tertiary/aromatic N) is 11. The molecule has 0 bridgehead atoms. The van der Waals surface area contributed by atoms with Gasteiger partial charge in [0.1, 0.15) is 16.1 Å². The smallest absolute Gasteiger partial charge is 0.398 e. The number of carbonyl (C=O) groups excluding carboxylic acids is 2. The Labute approximate surface area is 349 Å². The van der Waals surface area contributed by atoms with Crippen LogP contribution >= 0.6 is 23.2 Å². The van der Waals surface area contributed by atoms with Gasteiger partial charge in [-0.25, -0.2) is 28.5 Å². The molecule has 1 aliphatic heterocycles. The number of anilines is 1. The molecule has 0 saturated carbocycles. The summed E-state index contributed by atoms with van der Waals surface area (Å²) in [5.74, 6) is 0.434. The fraction of sp³-hybridized carbons (Fsp3) is 0.231. The van der Waals surface area contributed by atoms with Gasteiger partial charge >= 0.3 is 7.12 Å². The molecule has 0 aromatic carbocycles. The van der Waals surface area contributed by atoms with Gasteiger partial charge in [0.15, 0.2) is 28.5 Å². The molecule has 0 atom stereocenters. The van der Waals surface area contributed by atoms with Crippen LogP contribution in [-0.2, 0) is 22.2 Å². The predicted octanol–water partition coefficient (Wildman–Crippen LogP) is 5.60. The average Bonchev–Trinajstić information content (AvgIpc) is 3.97. The number of nitrogens with two attached hydrogens (primary N) is 1. The topological polar surface area (TPSA) is 195 Å². The van der Waals surface area contributed by atoms with E-state index in [4.69, 9.17) is 39.6 Å². The number of halogens is 3. The van der Waals surface area contributed by atoms with E-state index in [1.54, 1.807) is 101 Å². The van der Waals surface area contributed by atoms with Crippen molar-refractivity contribution in [3.8, 4) is 0 Å². The van der Waals surface area contributed by atoms with E-state index in [2.05, 4.69) is 40.2 Å². The summed E-state index contributed by atoms with van der Waals surface area (Å²) in [7, 11) is -1.54. The fourth-order valence-electron chi connectivity index (χ4n) is 5.60. The van der Waals surface area contributed by atoms with E-state index in [0.29, 0.717) is 61.2 Å². The zero-order chi connectivity index (χ0) is 43.0. The SMILES string of the molecule is CC1(C)OB(c2ccc3nc(CC(=O)c4ccncc4)cn3n2)OC1(C)C.Nc1cn2nc(Cl)ccc2n1.O=C(Cc1cn2nc(Cl)ccc2n1)c1ccncc1.[2H]CF. The third-order valence-electron chi connectivity index (χ3n) is 9.22. The van der Waals surface area contributed by atoms with E-state index in [9.17, 15) is 14.0 Å². The Kier molecular flexibility index (Phi) is 12.6. The standard InChI is InChI=1S/C19H21BN4O3.C13H9ClN4O.C6H5ClN4.CH3F/c1-18(2)19(3,4)27-20(26-18)16-5-6-17-22-14(12-24(17)23-16)11-15(25)13-7-9-21-10-8-13;14-12-1-2-13-16-10(8-18(13)17-12)7-11(19)9-3-5-15-6-4-9;7-4-1-2-6-9-5(8)3-11(6)10-4;1-2/h5-10,12H,11H2,1-4H3;1-6,8H,7H2;1-3H,8H2;1H3/i;;;1D. The van der Waals surface area contributed by atoms with Crippen LogP contribution in [0.1, 0.15) is 61.2 Å². The third kappa shape index (κ3) is 10.3. The highest BCUT2D eigenvalue weighted by atomic mass is 35.5. The molecule has 59 heavy (non-hydrogen) atoms. The van der Waals surface area contributed by atoms with E-state index >= 15 is 0 Å². The Morgan fingerprint density at radius 3 is 1.56 bits per heavy atom. The van der Waals surface area contributed by atoms with Gasteiger partial charge < -0.3 is 15.0 Å². The van der Waals surface area contributed by atoms with Gasteiger partial charge in [-0.15, -0.1) is 0 Å². The lowest BCUT2D eigenvalue weighted by Gasteiger charge is -2.32. The normalized spacial score (nSPS) is 14.1. The Morgan fingerprint density at radius 2 is 1.08 bits per heavy atom. The summed E-state index contributed by atoms with van der Waals surface area (Å²) in [5, 5.41) is 13.4. The first-order chi connectivity index (χ1) is 28.6. The molecule has 0 radical (unpaired) electrons. The maximum absolute atomic E-state index is 12.4. The van der Waals surface area contributed by atoms with Gasteiger partial charge in [-0.2, -0.15) is 15.3 Å². The summed E-state index contributed by atoms with van der Waals surface area (Å²) in [5.41, 5.74) is 9.86. The number of nitrogen functional groups attached to an aromatic ring is 1. The first-order valence-corrected chi connectivity index (χ1v) is 18.6. The number of Topliss-reactive ketones (excluding diaryl/α,β-unsaturated/α-hetero) is 2. The lowest BCUT2D eigenvalue weighted by molar-refractivity contribution is 0.00578. The van der Waals surface area contributed by atoms with Crippen LogP contribution in [0.4, 0.5) is 10.2 Å². The van der Waals surface area contributed by atoms with Crippen LogP contribution in [0.25, 0.3) is 16.9 Å². The lowest BCUT2D eigenvalue weighted by Crippen LogP contribution is -2.41. The lowest BCUT2D eigenvalue weighted by atomic mass is 9.85. The van der Waals surface area contributed by atoms with Gasteiger partial charge in [-0.3, -0.25) is 23.9 Å². The monoisotopic (exact) mass is 839 g/mol. The molecule has 16 nitrogen and oxygen atoms in total. The summed E-state index contributed by atoms with van der Waals surface area (Å²) < 4.78 is 32.4. The molecule has 20 heteroatoms. The quantitative estimate of drug-likeness (QED) is 0.154. The fourth-order valence-corrected chi connectivity index (χ4v) is 5.89. The Balaban J connectivity index is 0.000000158. The van der Waals surface area contributed by atoms with Crippen molar-refractivity contribution in [2.75, 3.05) is 12.9 Å². The Morgan fingerprint density at radius 1 is 0.678 bits per heavy atom. The van der Waals surface area contributed by atoms with Crippen molar-refractivity contribution >= 4 is 70.2 Å². The highest BCUT2D eigenvalue weighted by Gasteiger charge is 2.52. The highest BCUT2D eigenvalue weighted by Crippen LogP contribution is 2.36. The van der Waals surface area contributed by atoms with Crippen LogP contribution in [-0.4, -0.2) is 90.8 Å². The third-order valence-corrected chi connectivity index (χ3v) is 9.62. The highest BCUT2D eigenvalue weighted by molar-refractivity contribution is 6.61. The maximum atomic E-state index is 12.4. The number of imidazole rings is 3. The second-order valence-electron chi connectivity index (χ2n) is 13.9. The van der Waals surface area contributed by atoms with Crippen LogP contribution < -0.4 is 11.3 Å². The molecule has 1 fully saturated rings. The molecule has 9 heterocycles. The largest absolute Gasteiger partial charge is 0.516 e. The van der Waals surface area contributed by atoms with Crippen molar-refractivity contribution in [2.24, 2.45) is 0 Å². The maximum Gasteiger partial charge on any atom is 0.516 e. The van der Waals surface area contributed by atoms with Crippen LogP contribution in [0, 0.1) is 0 Å². The second kappa shape index (κ2) is 18.2. The molecule has 0 aliphatic carbocycles. The first kappa shape index (κ1) is 41.0. The van der Waals surface area contributed by atoms with Crippen molar-refractivity contribution in [1.29, 1.82) is 0 Å². The number of hydrogen-bond acceptors (Lipinski definition) is 13. The zero-order valence-electron chi connectivity index (χ0n) is 33.3. The number of carbonyl (C=O) groups is 2. The summed E-state index contributed by atoms with van der Waals surface area (Å²) >= 11 is 11.4. The molecule has 0 spiro atoms. The van der Waals surface area contributed by atoms with Crippen LogP contribution in [0.5, 0.6) is 0 Å². The zero-order valence-corrected chi connectivity index (χ0v) is 33.8. The molecule has 302 valence electrons. The van der Waals surface area contributed by atoms with Gasteiger partial charge in [-0.05, 0) is 88.4 Å². The molecule has 1 aliphatic rings. The summed E-state index contributed by atoms with van der Waals surface area (Å²) in [6.45, 7) is 8.02. The minimum absolute atomic E-state index is 0.00287. The van der Waals surface area contributed by atoms with Gasteiger partial charge in [0.2, 0.25) is 0 Å². The van der Waals surface area contributed by atoms with Crippen LogP contribution in [0.3, 0.4) is 0 Å². The van der Waals surface area contributed by atoms with Crippen molar-refractivity contribution in [2.45, 2.75) is 51.7 Å². The summed E-state index contributed by atoms with van der Waals surface area (Å²) in [6.07, 6.45) is 11.9. The molecule has 9 rings (SSSR count). The van der Waals surface area contributed by atoms with Gasteiger partial charge in [-0.1, -0.05) is 23.2 Å². The molecule has 1 saturated heterocycles. The molecular formula is C39H38BCl2FN12O4. The number of rotatable bonds is 7. The number of aromatic nitrogens is 11. The van der Waals surface area contributed by atoms with Crippen molar-refractivity contribution in [1.82, 2.24) is 53.8 Å². The van der Waals surface area contributed by atoms with Gasteiger partial charge in [0, 0.05) is 35.9 Å². The number of ketones is 2.